The van der Waals surface area contributed by atoms with Crippen molar-refractivity contribution in [3.05, 3.63) is 41.0 Å². The summed E-state index contributed by atoms with van der Waals surface area (Å²) in [6, 6.07) is 7.52. The van der Waals surface area contributed by atoms with E-state index < -0.39 is 11.6 Å². The summed E-state index contributed by atoms with van der Waals surface area (Å²) in [5, 5.41) is 3.32. The number of hydrogen-bond acceptors (Lipinski definition) is 6. The number of nitrogens with one attached hydrogen (secondary N) is 1. The maximum Gasteiger partial charge on any atom is 0.408 e. The summed E-state index contributed by atoms with van der Waals surface area (Å²) in [5.74, 6) is 2.11. The fourth-order valence-corrected chi connectivity index (χ4v) is 12.2. The second-order valence-electron chi connectivity index (χ2n) is 17.3. The Labute approximate surface area is 281 Å². The van der Waals surface area contributed by atoms with Crippen molar-refractivity contribution in [3.63, 3.8) is 0 Å². The Balaban J connectivity index is 1.29. The van der Waals surface area contributed by atoms with Crippen LogP contribution in [0.3, 0.4) is 0 Å². The van der Waals surface area contributed by atoms with Gasteiger partial charge in [0.1, 0.15) is 18.5 Å². The van der Waals surface area contributed by atoms with Crippen LogP contribution in [0.2, 0.25) is 0 Å². The molecule has 1 amide bonds. The van der Waals surface area contributed by atoms with Gasteiger partial charge in [-0.3, -0.25) is 9.59 Å². The summed E-state index contributed by atoms with van der Waals surface area (Å²) in [4.78, 5) is 39.4. The van der Waals surface area contributed by atoms with Crippen molar-refractivity contribution in [2.24, 2.45) is 45.3 Å². The number of amides is 1. The van der Waals surface area contributed by atoms with Gasteiger partial charge in [0.2, 0.25) is 0 Å². The third-order valence-corrected chi connectivity index (χ3v) is 14.5. The summed E-state index contributed by atoms with van der Waals surface area (Å²) < 4.78 is 17.0. The van der Waals surface area contributed by atoms with Gasteiger partial charge in [-0.15, -0.1) is 0 Å². The van der Waals surface area contributed by atoms with Crippen LogP contribution in [0.5, 0.6) is 5.75 Å². The molecule has 47 heavy (non-hydrogen) atoms. The minimum Gasteiger partial charge on any atom is -0.497 e. The number of fused-ring (bicyclic) bond motifs is 7. The van der Waals surface area contributed by atoms with E-state index in [4.69, 9.17) is 14.2 Å². The van der Waals surface area contributed by atoms with Crippen molar-refractivity contribution in [1.82, 2.24) is 5.32 Å². The van der Waals surface area contributed by atoms with Crippen molar-refractivity contribution < 1.29 is 28.6 Å². The van der Waals surface area contributed by atoms with E-state index in [1.165, 1.54) is 12.5 Å². The van der Waals surface area contributed by atoms with Gasteiger partial charge < -0.3 is 19.5 Å². The van der Waals surface area contributed by atoms with Gasteiger partial charge in [-0.1, -0.05) is 60.6 Å². The standard InChI is InChI=1S/C40H57NO6/c1-24(2)33-29(43)22-40(41-35(44)46-23-26-10-12-27(45-9)13-11-26)21-20-38(7)28(34(33)40)14-15-31-37(6)18-17-32(47-25(3)42)36(4,5)30(37)16-19-39(31,38)8/h10-13,24,28,30-32H,14-23H2,1-9H3,(H,41,44)/t28-,30?,31?,32+,37+,38-,39-,40-/m1/s1. The van der Waals surface area contributed by atoms with E-state index >= 15 is 0 Å². The number of allylic oxidation sites excluding steroid dienone is 1. The maximum absolute atomic E-state index is 13.9. The Hall–Kier alpha value is -2.83. The van der Waals surface area contributed by atoms with E-state index in [9.17, 15) is 14.4 Å². The predicted octanol–water partition coefficient (Wildman–Crippen LogP) is 8.59. The van der Waals surface area contributed by atoms with Crippen LogP contribution in [-0.4, -0.2) is 36.6 Å². The predicted molar refractivity (Wildman–Crippen MR) is 182 cm³/mol. The zero-order valence-electron chi connectivity index (χ0n) is 30.2. The Morgan fingerprint density at radius 2 is 1.60 bits per heavy atom. The summed E-state index contributed by atoms with van der Waals surface area (Å²) >= 11 is 0. The van der Waals surface area contributed by atoms with Gasteiger partial charge in [-0.05, 0) is 120 Å². The zero-order valence-corrected chi connectivity index (χ0v) is 30.2. The lowest BCUT2D eigenvalue weighted by Gasteiger charge is -2.72. The smallest absolute Gasteiger partial charge is 0.408 e. The molecule has 5 aliphatic carbocycles. The van der Waals surface area contributed by atoms with E-state index in [1.54, 1.807) is 7.11 Å². The number of carbonyl (C=O) groups excluding carboxylic acids is 3. The highest BCUT2D eigenvalue weighted by molar-refractivity contribution is 6.02. The molecule has 0 aliphatic heterocycles. The molecule has 0 heterocycles. The Morgan fingerprint density at radius 1 is 0.894 bits per heavy atom. The van der Waals surface area contributed by atoms with Crippen LogP contribution in [0, 0.1) is 45.3 Å². The minimum atomic E-state index is -0.688. The number of esters is 1. The number of carbonyl (C=O) groups is 3. The van der Waals surface area contributed by atoms with Crippen LogP contribution in [0.4, 0.5) is 4.79 Å². The third-order valence-electron chi connectivity index (χ3n) is 14.5. The van der Waals surface area contributed by atoms with Gasteiger partial charge in [0, 0.05) is 18.8 Å². The van der Waals surface area contributed by atoms with Crippen LogP contribution in [0.25, 0.3) is 0 Å². The van der Waals surface area contributed by atoms with E-state index in [1.807, 2.05) is 24.3 Å². The first-order valence-electron chi connectivity index (χ1n) is 18.1. The molecule has 8 atom stereocenters. The first-order chi connectivity index (χ1) is 22.0. The Kier molecular flexibility index (Phi) is 8.44. The largest absolute Gasteiger partial charge is 0.497 e. The molecule has 5 aliphatic rings. The molecule has 7 nitrogen and oxygen atoms in total. The van der Waals surface area contributed by atoms with Crippen molar-refractivity contribution in [3.8, 4) is 5.75 Å². The minimum absolute atomic E-state index is 0.000947. The fraction of sp³-hybridized carbons (Fsp3) is 0.725. The number of benzene rings is 1. The third kappa shape index (κ3) is 5.15. The second kappa shape index (κ2) is 11.7. The summed E-state index contributed by atoms with van der Waals surface area (Å²) in [6.07, 6.45) is 7.91. The molecule has 1 N–H and O–H groups in total. The molecular weight excluding hydrogens is 590 g/mol. The summed E-state index contributed by atoms with van der Waals surface area (Å²) in [7, 11) is 1.63. The number of alkyl carbamates (subject to hydrolysis) is 1. The SMILES string of the molecule is COc1ccc(COC(=O)N[C@@]23CC[C@]4(C)[C@H](CCC5[C@@]6(C)CC[C@H](OC(C)=O)C(C)(C)C6CC[C@]54C)C2=C(C(C)C)C(=O)C3)cc1. The van der Waals surface area contributed by atoms with E-state index in [0.717, 1.165) is 68.3 Å². The fourth-order valence-electron chi connectivity index (χ4n) is 12.2. The lowest BCUT2D eigenvalue weighted by atomic mass is 9.33. The molecule has 0 radical (unpaired) electrons. The first-order valence-corrected chi connectivity index (χ1v) is 18.1. The van der Waals surface area contributed by atoms with E-state index in [-0.39, 0.29) is 58.0 Å². The van der Waals surface area contributed by atoms with Gasteiger partial charge in [0.05, 0.1) is 12.6 Å². The Bertz CT molecular complexity index is 1460. The molecule has 0 spiro atoms. The highest BCUT2D eigenvalue weighted by Crippen LogP contribution is 2.75. The summed E-state index contributed by atoms with van der Waals surface area (Å²) in [6.45, 7) is 18.2. The molecule has 6 rings (SSSR count). The number of rotatable bonds is 6. The molecule has 7 heteroatoms. The van der Waals surface area contributed by atoms with Gasteiger partial charge in [0.25, 0.3) is 0 Å². The number of Topliss-reactive ketones (excluding diaryl/α,β-unsaturated/α-hetero) is 1. The molecule has 0 saturated heterocycles. The molecule has 0 aromatic heterocycles. The van der Waals surface area contributed by atoms with Crippen molar-refractivity contribution in [2.75, 3.05) is 7.11 Å². The number of hydrogen-bond donors (Lipinski definition) is 1. The summed E-state index contributed by atoms with van der Waals surface area (Å²) in [5.41, 5.74) is 2.51. The van der Waals surface area contributed by atoms with Gasteiger partial charge >= 0.3 is 12.1 Å². The van der Waals surface area contributed by atoms with Gasteiger partial charge in [-0.25, -0.2) is 4.79 Å². The lowest BCUT2D eigenvalue weighted by Crippen LogP contribution is -2.67. The van der Waals surface area contributed by atoms with Gasteiger partial charge in [0.15, 0.2) is 5.78 Å². The highest BCUT2D eigenvalue weighted by atomic mass is 16.6. The molecule has 2 unspecified atom stereocenters. The normalized spacial score (nSPS) is 38.9. The van der Waals surface area contributed by atoms with E-state index in [0.29, 0.717) is 18.3 Å². The van der Waals surface area contributed by atoms with Crippen LogP contribution in [-0.2, 0) is 25.7 Å². The molecule has 0 bridgehead atoms. The molecule has 4 saturated carbocycles. The highest BCUT2D eigenvalue weighted by Gasteiger charge is 2.70. The molecule has 4 fully saturated rings. The van der Waals surface area contributed by atoms with Gasteiger partial charge in [-0.2, -0.15) is 0 Å². The zero-order chi connectivity index (χ0) is 34.2. The van der Waals surface area contributed by atoms with Crippen LogP contribution >= 0.6 is 0 Å². The second-order valence-corrected chi connectivity index (χ2v) is 17.3. The van der Waals surface area contributed by atoms with Crippen molar-refractivity contribution in [2.45, 2.75) is 131 Å². The lowest BCUT2D eigenvalue weighted by molar-refractivity contribution is -0.231. The van der Waals surface area contributed by atoms with Crippen molar-refractivity contribution >= 4 is 17.8 Å². The maximum atomic E-state index is 13.9. The number of methoxy groups -OCH3 is 1. The molecule has 1 aromatic rings. The molecule has 1 aromatic carbocycles. The Morgan fingerprint density at radius 3 is 2.23 bits per heavy atom. The van der Waals surface area contributed by atoms with Crippen molar-refractivity contribution in [1.29, 1.82) is 0 Å². The monoisotopic (exact) mass is 647 g/mol. The van der Waals surface area contributed by atoms with Crippen LogP contribution < -0.4 is 10.1 Å². The topological polar surface area (TPSA) is 90.9 Å². The van der Waals surface area contributed by atoms with Crippen LogP contribution in [0.1, 0.15) is 119 Å². The molecule has 258 valence electrons. The first kappa shape index (κ1) is 34.0. The molecular formula is C40H57NO6. The van der Waals surface area contributed by atoms with E-state index in [2.05, 4.69) is 53.8 Å². The average molecular weight is 648 g/mol. The average Bonchev–Trinajstić information content (AvgIpc) is 3.29. The van der Waals surface area contributed by atoms with Crippen LogP contribution in [0.15, 0.2) is 35.4 Å². The number of ether oxygens (including phenoxy) is 3. The number of ketones is 1. The quantitative estimate of drug-likeness (QED) is 0.311.